The molecule has 1 N–H and O–H groups in total. The van der Waals surface area contributed by atoms with Crippen molar-refractivity contribution in [2.24, 2.45) is 0 Å². The zero-order chi connectivity index (χ0) is 22.5. The van der Waals surface area contributed by atoms with Gasteiger partial charge in [0.15, 0.2) is 0 Å². The highest BCUT2D eigenvalue weighted by atomic mass is 35.5. The van der Waals surface area contributed by atoms with E-state index >= 15 is 0 Å². The SMILES string of the molecule is CCCNC(=O)c1ccc(C=C2Sc3ccccc3N(Cc3cccc(Cl)c3)C2=O)cc1. The fraction of sp³-hybridized carbons (Fsp3) is 0.154. The number of halogens is 1. The second kappa shape index (κ2) is 10.1. The lowest BCUT2D eigenvalue weighted by molar-refractivity contribution is -0.114. The molecular weight excluding hydrogens is 440 g/mol. The van der Waals surface area contributed by atoms with Gasteiger partial charge in [-0.1, -0.05) is 66.7 Å². The van der Waals surface area contributed by atoms with Crippen molar-refractivity contribution in [3.05, 3.63) is 99.4 Å². The van der Waals surface area contributed by atoms with Crippen molar-refractivity contribution in [1.82, 2.24) is 5.32 Å². The summed E-state index contributed by atoms with van der Waals surface area (Å²) < 4.78 is 0. The van der Waals surface area contributed by atoms with Gasteiger partial charge in [0.1, 0.15) is 0 Å². The van der Waals surface area contributed by atoms with Crippen LogP contribution < -0.4 is 10.2 Å². The molecule has 32 heavy (non-hydrogen) atoms. The van der Waals surface area contributed by atoms with E-state index in [9.17, 15) is 9.59 Å². The first-order valence-corrected chi connectivity index (χ1v) is 11.7. The summed E-state index contributed by atoms with van der Waals surface area (Å²) in [7, 11) is 0. The molecule has 0 unspecified atom stereocenters. The van der Waals surface area contributed by atoms with Crippen LogP contribution in [0, 0.1) is 0 Å². The molecule has 2 amide bonds. The van der Waals surface area contributed by atoms with Crippen LogP contribution in [0.1, 0.15) is 34.8 Å². The van der Waals surface area contributed by atoms with Gasteiger partial charge >= 0.3 is 0 Å². The molecule has 0 atom stereocenters. The minimum Gasteiger partial charge on any atom is -0.352 e. The number of nitrogens with zero attached hydrogens (tertiary/aromatic N) is 1. The molecule has 6 heteroatoms. The lowest BCUT2D eigenvalue weighted by Crippen LogP contribution is -2.33. The smallest absolute Gasteiger partial charge is 0.265 e. The third-order valence-electron chi connectivity index (χ3n) is 5.07. The third kappa shape index (κ3) is 5.06. The first kappa shape index (κ1) is 22.2. The summed E-state index contributed by atoms with van der Waals surface area (Å²) in [5, 5.41) is 3.52. The molecule has 0 saturated carbocycles. The number of anilines is 1. The van der Waals surface area contributed by atoms with E-state index in [0.717, 1.165) is 28.1 Å². The summed E-state index contributed by atoms with van der Waals surface area (Å²) >= 11 is 7.61. The molecule has 0 radical (unpaired) electrons. The number of hydrogen-bond donors (Lipinski definition) is 1. The molecule has 0 aromatic heterocycles. The Balaban J connectivity index is 1.61. The number of nitrogens with one attached hydrogen (secondary N) is 1. The minimum absolute atomic E-state index is 0.0570. The van der Waals surface area contributed by atoms with Gasteiger partial charge in [0.2, 0.25) is 0 Å². The van der Waals surface area contributed by atoms with E-state index in [1.165, 1.54) is 11.8 Å². The van der Waals surface area contributed by atoms with Gasteiger partial charge in [-0.25, -0.2) is 0 Å². The van der Waals surface area contributed by atoms with E-state index in [0.29, 0.717) is 28.6 Å². The van der Waals surface area contributed by atoms with Gasteiger partial charge in [-0.3, -0.25) is 9.59 Å². The largest absolute Gasteiger partial charge is 0.352 e. The van der Waals surface area contributed by atoms with Gasteiger partial charge in [0.05, 0.1) is 17.1 Å². The van der Waals surface area contributed by atoms with Crippen molar-refractivity contribution in [1.29, 1.82) is 0 Å². The molecule has 0 saturated heterocycles. The molecule has 1 aliphatic rings. The van der Waals surface area contributed by atoms with E-state index in [-0.39, 0.29) is 11.8 Å². The van der Waals surface area contributed by atoms with Crippen molar-refractivity contribution < 1.29 is 9.59 Å². The highest BCUT2D eigenvalue weighted by Crippen LogP contribution is 2.42. The van der Waals surface area contributed by atoms with E-state index in [2.05, 4.69) is 5.32 Å². The minimum atomic E-state index is -0.0872. The molecule has 162 valence electrons. The summed E-state index contributed by atoms with van der Waals surface area (Å²) in [6, 6.07) is 22.8. The molecule has 0 spiro atoms. The molecule has 1 heterocycles. The number of fused-ring (bicyclic) bond motifs is 1. The monoisotopic (exact) mass is 462 g/mol. The first-order valence-electron chi connectivity index (χ1n) is 10.5. The Morgan fingerprint density at radius 2 is 1.84 bits per heavy atom. The predicted octanol–water partition coefficient (Wildman–Crippen LogP) is 6.16. The van der Waals surface area contributed by atoms with Crippen LogP contribution in [0.15, 0.2) is 82.6 Å². The molecule has 1 aliphatic heterocycles. The Bertz CT molecular complexity index is 1170. The van der Waals surface area contributed by atoms with Gasteiger partial charge in [-0.15, -0.1) is 0 Å². The summed E-state index contributed by atoms with van der Waals surface area (Å²) in [6.45, 7) is 3.10. The third-order valence-corrected chi connectivity index (χ3v) is 6.38. The van der Waals surface area contributed by atoms with Crippen LogP contribution in [-0.2, 0) is 11.3 Å². The van der Waals surface area contributed by atoms with E-state index in [1.54, 1.807) is 17.0 Å². The van der Waals surface area contributed by atoms with Crippen molar-refractivity contribution in [2.75, 3.05) is 11.4 Å². The van der Waals surface area contributed by atoms with Crippen molar-refractivity contribution >= 4 is 46.9 Å². The summed E-state index contributed by atoms with van der Waals surface area (Å²) in [5.41, 5.74) is 3.34. The Kier molecular flexibility index (Phi) is 6.98. The lowest BCUT2D eigenvalue weighted by atomic mass is 10.1. The number of rotatable bonds is 6. The second-order valence-corrected chi connectivity index (χ2v) is 9.00. The molecule has 4 rings (SSSR count). The van der Waals surface area contributed by atoms with Crippen LogP contribution in [0.3, 0.4) is 0 Å². The molecule has 0 aliphatic carbocycles. The zero-order valence-corrected chi connectivity index (χ0v) is 19.2. The van der Waals surface area contributed by atoms with Crippen LogP contribution in [0.5, 0.6) is 0 Å². The van der Waals surface area contributed by atoms with Gasteiger partial charge in [-0.2, -0.15) is 0 Å². The topological polar surface area (TPSA) is 49.4 Å². The van der Waals surface area contributed by atoms with Crippen LogP contribution in [-0.4, -0.2) is 18.4 Å². The number of carbonyl (C=O) groups excluding carboxylic acids is 2. The molecule has 0 fully saturated rings. The first-order chi connectivity index (χ1) is 15.5. The van der Waals surface area contributed by atoms with Crippen molar-refractivity contribution in [3.63, 3.8) is 0 Å². The predicted molar refractivity (Wildman–Crippen MR) is 132 cm³/mol. The lowest BCUT2D eigenvalue weighted by Gasteiger charge is -2.30. The maximum atomic E-state index is 13.4. The van der Waals surface area contributed by atoms with E-state index < -0.39 is 0 Å². The number of hydrogen-bond acceptors (Lipinski definition) is 3. The second-order valence-electron chi connectivity index (χ2n) is 7.48. The van der Waals surface area contributed by atoms with Crippen LogP contribution in [0.4, 0.5) is 5.69 Å². The zero-order valence-electron chi connectivity index (χ0n) is 17.7. The van der Waals surface area contributed by atoms with E-state index in [4.69, 9.17) is 11.6 Å². The van der Waals surface area contributed by atoms with Crippen LogP contribution in [0.25, 0.3) is 6.08 Å². The molecule has 0 bridgehead atoms. The summed E-state index contributed by atoms with van der Waals surface area (Å²) in [4.78, 5) is 29.0. The van der Waals surface area contributed by atoms with Crippen LogP contribution in [0.2, 0.25) is 5.02 Å². The Morgan fingerprint density at radius 1 is 1.06 bits per heavy atom. The van der Waals surface area contributed by atoms with Crippen LogP contribution >= 0.6 is 23.4 Å². The van der Waals surface area contributed by atoms with Gasteiger partial charge < -0.3 is 10.2 Å². The highest BCUT2D eigenvalue weighted by Gasteiger charge is 2.29. The van der Waals surface area contributed by atoms with Gasteiger partial charge in [0.25, 0.3) is 11.8 Å². The number of benzene rings is 3. The standard InChI is InChI=1S/C26H23ClN2O2S/c1-2-14-28-25(30)20-12-10-18(11-13-20)16-24-26(31)29(17-19-6-5-7-21(27)15-19)22-8-3-4-9-23(22)32-24/h3-13,15-16H,2,14,17H2,1H3,(H,28,30). The molecule has 3 aromatic carbocycles. The van der Waals surface area contributed by atoms with Crippen molar-refractivity contribution in [2.45, 2.75) is 24.8 Å². The fourth-order valence-electron chi connectivity index (χ4n) is 3.46. The summed E-state index contributed by atoms with van der Waals surface area (Å²) in [5.74, 6) is -0.144. The maximum Gasteiger partial charge on any atom is 0.265 e. The Hall–Kier alpha value is -3.02. The number of amides is 2. The maximum absolute atomic E-state index is 13.4. The summed E-state index contributed by atoms with van der Waals surface area (Å²) in [6.07, 6.45) is 2.77. The van der Waals surface area contributed by atoms with Gasteiger partial charge in [0, 0.05) is 22.0 Å². The molecule has 3 aromatic rings. The normalized spacial score (nSPS) is 14.4. The Labute approximate surface area is 197 Å². The Morgan fingerprint density at radius 3 is 2.59 bits per heavy atom. The number of para-hydroxylation sites is 1. The van der Waals surface area contributed by atoms with Gasteiger partial charge in [-0.05, 0) is 60.0 Å². The average Bonchev–Trinajstić information content (AvgIpc) is 2.80. The highest BCUT2D eigenvalue weighted by molar-refractivity contribution is 8.04. The van der Waals surface area contributed by atoms with E-state index in [1.807, 2.05) is 73.7 Å². The number of thioether (sulfide) groups is 1. The average molecular weight is 463 g/mol. The van der Waals surface area contributed by atoms with Crippen molar-refractivity contribution in [3.8, 4) is 0 Å². The molecular formula is C26H23ClN2O2S. The fourth-order valence-corrected chi connectivity index (χ4v) is 4.73. The number of carbonyl (C=O) groups is 2. The molecule has 4 nitrogen and oxygen atoms in total. The quantitative estimate of drug-likeness (QED) is 0.446.